The van der Waals surface area contributed by atoms with Crippen molar-refractivity contribution in [3.63, 3.8) is 0 Å². The monoisotopic (exact) mass is 320 g/mol. The zero-order valence-corrected chi connectivity index (χ0v) is 11.5. The van der Waals surface area contributed by atoms with Crippen molar-refractivity contribution in [1.82, 2.24) is 4.72 Å². The maximum atomic E-state index is 11.8. The van der Waals surface area contributed by atoms with Crippen LogP contribution in [0.5, 0.6) is 0 Å². The van der Waals surface area contributed by atoms with Crippen LogP contribution in [0, 0.1) is 0 Å². The Balaban J connectivity index is 2.50. The normalized spacial score (nSPS) is 12.9. The molecule has 0 amide bonds. The Labute approximate surface area is 111 Å². The molecular formula is C8H11F3N2O2S3. The molecule has 3 N–H and O–H groups in total. The maximum absolute atomic E-state index is 11.8. The number of hydrogen-bond donors (Lipinski definition) is 2. The first kappa shape index (κ1) is 15.8. The highest BCUT2D eigenvalue weighted by atomic mass is 32.2. The summed E-state index contributed by atoms with van der Waals surface area (Å²) in [6.45, 7) is -0.0572. The summed E-state index contributed by atoms with van der Waals surface area (Å²) in [5, 5.41) is 1.60. The lowest BCUT2D eigenvalue weighted by molar-refractivity contribution is -0.0327. The van der Waals surface area contributed by atoms with Gasteiger partial charge in [-0.15, -0.1) is 11.3 Å². The van der Waals surface area contributed by atoms with Crippen LogP contribution in [0.4, 0.5) is 13.2 Å². The van der Waals surface area contributed by atoms with E-state index in [-0.39, 0.29) is 34.8 Å². The highest BCUT2D eigenvalue weighted by Crippen LogP contribution is 2.29. The van der Waals surface area contributed by atoms with Crippen LogP contribution in [0.2, 0.25) is 0 Å². The molecule has 0 atom stereocenters. The number of hydrogen-bond acceptors (Lipinski definition) is 5. The van der Waals surface area contributed by atoms with Crippen molar-refractivity contribution in [2.45, 2.75) is 16.3 Å². The smallest absolute Gasteiger partial charge is 0.326 e. The van der Waals surface area contributed by atoms with E-state index in [0.717, 1.165) is 11.3 Å². The van der Waals surface area contributed by atoms with Gasteiger partial charge in [-0.1, -0.05) is 0 Å². The van der Waals surface area contributed by atoms with Crippen LogP contribution in [0.1, 0.15) is 5.56 Å². The Morgan fingerprint density at radius 3 is 2.61 bits per heavy atom. The van der Waals surface area contributed by atoms with E-state index in [1.807, 2.05) is 0 Å². The summed E-state index contributed by atoms with van der Waals surface area (Å²) in [7, 11) is -3.73. The molecule has 0 aromatic carbocycles. The van der Waals surface area contributed by atoms with Gasteiger partial charge in [0.2, 0.25) is 10.0 Å². The minimum atomic E-state index is -4.35. The van der Waals surface area contributed by atoms with Gasteiger partial charge in [0, 0.05) is 18.8 Å². The van der Waals surface area contributed by atoms with Crippen LogP contribution in [0.3, 0.4) is 0 Å². The second kappa shape index (κ2) is 6.24. The molecule has 0 unspecified atom stereocenters. The Morgan fingerprint density at radius 1 is 1.44 bits per heavy atom. The summed E-state index contributed by atoms with van der Waals surface area (Å²) in [5.41, 5.74) is 1.66. The predicted octanol–water partition coefficient (Wildman–Crippen LogP) is 1.74. The van der Waals surface area contributed by atoms with Crippen molar-refractivity contribution >= 4 is 33.1 Å². The van der Waals surface area contributed by atoms with Crippen molar-refractivity contribution in [2.24, 2.45) is 5.73 Å². The van der Waals surface area contributed by atoms with Gasteiger partial charge in [-0.2, -0.15) is 13.2 Å². The van der Waals surface area contributed by atoms with E-state index >= 15 is 0 Å². The van der Waals surface area contributed by atoms with Gasteiger partial charge in [-0.25, -0.2) is 13.1 Å². The molecular weight excluding hydrogens is 309 g/mol. The summed E-state index contributed by atoms with van der Waals surface area (Å²) in [6.07, 6.45) is 0. The number of thioether (sulfide) groups is 1. The van der Waals surface area contributed by atoms with Gasteiger partial charge in [-0.05, 0) is 28.8 Å². The first-order valence-electron chi connectivity index (χ1n) is 4.72. The van der Waals surface area contributed by atoms with Crippen molar-refractivity contribution in [1.29, 1.82) is 0 Å². The lowest BCUT2D eigenvalue weighted by atomic mass is 10.4. The fraction of sp³-hybridized carbons (Fsp3) is 0.500. The average Bonchev–Trinajstić information content (AvgIpc) is 2.72. The molecule has 0 aliphatic heterocycles. The lowest BCUT2D eigenvalue weighted by Crippen LogP contribution is -2.26. The molecule has 0 saturated heterocycles. The zero-order valence-electron chi connectivity index (χ0n) is 9.03. The molecule has 0 aliphatic carbocycles. The van der Waals surface area contributed by atoms with E-state index in [1.165, 1.54) is 6.07 Å². The minimum absolute atomic E-state index is 0.0555. The molecule has 1 heterocycles. The van der Waals surface area contributed by atoms with Crippen molar-refractivity contribution in [3.8, 4) is 0 Å². The van der Waals surface area contributed by atoms with Crippen molar-refractivity contribution in [3.05, 3.63) is 17.0 Å². The van der Waals surface area contributed by atoms with Crippen molar-refractivity contribution < 1.29 is 21.6 Å². The summed E-state index contributed by atoms with van der Waals surface area (Å²) in [6, 6.07) is 1.41. The van der Waals surface area contributed by atoms with E-state index in [2.05, 4.69) is 4.72 Å². The van der Waals surface area contributed by atoms with Crippen LogP contribution in [-0.2, 0) is 16.6 Å². The predicted molar refractivity (Wildman–Crippen MR) is 65.9 cm³/mol. The standard InChI is InChI=1S/C8H11F3N2O2S3/c9-8(10,11)17-2-1-13-18(14,15)7-3-6(4-12)5-16-7/h3,5,13H,1-2,4,12H2. The van der Waals surface area contributed by atoms with Crippen LogP contribution in [0.15, 0.2) is 15.7 Å². The molecule has 0 saturated carbocycles. The minimum Gasteiger partial charge on any atom is -0.326 e. The van der Waals surface area contributed by atoms with Crippen LogP contribution < -0.4 is 10.5 Å². The van der Waals surface area contributed by atoms with Gasteiger partial charge >= 0.3 is 5.51 Å². The summed E-state index contributed by atoms with van der Waals surface area (Å²) < 4.78 is 60.9. The molecule has 0 fully saturated rings. The number of nitrogens with one attached hydrogen (secondary N) is 1. The molecule has 18 heavy (non-hydrogen) atoms. The third-order valence-electron chi connectivity index (χ3n) is 1.79. The molecule has 0 aliphatic rings. The summed E-state index contributed by atoms with van der Waals surface area (Å²) in [4.78, 5) is 0. The number of thiophene rings is 1. The quantitative estimate of drug-likeness (QED) is 0.783. The first-order valence-corrected chi connectivity index (χ1v) is 8.07. The topological polar surface area (TPSA) is 72.2 Å². The van der Waals surface area contributed by atoms with E-state index in [0.29, 0.717) is 5.56 Å². The number of alkyl halides is 3. The Hall–Kier alpha value is -0.290. The molecule has 1 rings (SSSR count). The highest BCUT2D eigenvalue weighted by molar-refractivity contribution is 8.00. The SMILES string of the molecule is NCc1csc(S(=O)(=O)NCCSC(F)(F)F)c1. The lowest BCUT2D eigenvalue weighted by Gasteiger charge is -2.06. The second-order valence-corrected chi connectivity index (χ2v) is 7.23. The van der Waals surface area contributed by atoms with Gasteiger partial charge in [0.25, 0.3) is 0 Å². The Bertz CT molecular complexity index is 484. The number of nitrogens with two attached hydrogens (primary N) is 1. The summed E-state index contributed by atoms with van der Waals surface area (Å²) >= 11 is 0.721. The highest BCUT2D eigenvalue weighted by Gasteiger charge is 2.27. The molecule has 10 heteroatoms. The summed E-state index contributed by atoms with van der Waals surface area (Å²) in [5.74, 6) is -0.363. The first-order chi connectivity index (χ1) is 8.24. The van der Waals surface area contributed by atoms with E-state index in [1.54, 1.807) is 5.38 Å². The van der Waals surface area contributed by atoms with Gasteiger partial charge < -0.3 is 5.73 Å². The third-order valence-corrected chi connectivity index (χ3v) is 5.48. The van der Waals surface area contributed by atoms with E-state index in [4.69, 9.17) is 5.73 Å². The molecule has 0 spiro atoms. The van der Waals surface area contributed by atoms with Crippen LogP contribution in [-0.4, -0.2) is 26.2 Å². The number of sulfonamides is 1. The molecule has 1 aromatic rings. The van der Waals surface area contributed by atoms with E-state index < -0.39 is 15.5 Å². The fourth-order valence-electron chi connectivity index (χ4n) is 1.02. The Morgan fingerprint density at radius 2 is 2.11 bits per heavy atom. The van der Waals surface area contributed by atoms with Gasteiger partial charge in [0.1, 0.15) is 4.21 Å². The zero-order chi connectivity index (χ0) is 13.8. The fourth-order valence-corrected chi connectivity index (χ4v) is 3.88. The van der Waals surface area contributed by atoms with Gasteiger partial charge in [-0.3, -0.25) is 0 Å². The third kappa shape index (κ3) is 5.14. The van der Waals surface area contributed by atoms with E-state index in [9.17, 15) is 21.6 Å². The molecule has 0 bridgehead atoms. The molecule has 4 nitrogen and oxygen atoms in total. The van der Waals surface area contributed by atoms with Crippen LogP contribution in [0.25, 0.3) is 0 Å². The Kier molecular flexibility index (Phi) is 5.46. The molecule has 104 valence electrons. The number of rotatable bonds is 6. The maximum Gasteiger partial charge on any atom is 0.441 e. The average molecular weight is 320 g/mol. The number of halogens is 3. The van der Waals surface area contributed by atoms with Gasteiger partial charge in [0.05, 0.1) is 0 Å². The second-order valence-electron chi connectivity index (χ2n) is 3.17. The van der Waals surface area contributed by atoms with Crippen molar-refractivity contribution in [2.75, 3.05) is 12.3 Å². The van der Waals surface area contributed by atoms with Gasteiger partial charge in [0.15, 0.2) is 0 Å². The molecule has 0 radical (unpaired) electrons. The largest absolute Gasteiger partial charge is 0.441 e. The van der Waals surface area contributed by atoms with Crippen LogP contribution >= 0.6 is 23.1 Å². The molecule has 1 aromatic heterocycles.